The lowest BCUT2D eigenvalue weighted by atomic mass is 10.0. The third kappa shape index (κ3) is 3.32. The molecule has 2 aromatic carbocycles. The summed E-state index contributed by atoms with van der Waals surface area (Å²) < 4.78 is 2.31. The van der Waals surface area contributed by atoms with Gasteiger partial charge in [0, 0.05) is 36.2 Å². The minimum absolute atomic E-state index is 0.718. The average molecular weight is 334 g/mol. The molecule has 24 heavy (non-hydrogen) atoms. The molecule has 120 valence electrons. The maximum Gasteiger partial charge on any atom is 0.224 e. The summed E-state index contributed by atoms with van der Waals surface area (Å²) in [6.07, 6.45) is 2.49. The largest absolute Gasteiger partial charge is 0.244 e. The molecular formula is C19H18N4S. The molecule has 1 aliphatic rings. The van der Waals surface area contributed by atoms with Crippen LogP contribution in [-0.4, -0.2) is 32.6 Å². The van der Waals surface area contributed by atoms with Crippen molar-refractivity contribution < 1.29 is 0 Å². The van der Waals surface area contributed by atoms with Crippen molar-refractivity contribution in [3.05, 3.63) is 60.7 Å². The molecule has 0 spiro atoms. The number of hydrogen-bond donors (Lipinski definition) is 0. The first-order chi connectivity index (χ1) is 11.9. The van der Waals surface area contributed by atoms with E-state index in [1.165, 1.54) is 12.8 Å². The van der Waals surface area contributed by atoms with E-state index < -0.39 is 0 Å². The van der Waals surface area contributed by atoms with Crippen LogP contribution in [0.5, 0.6) is 0 Å². The summed E-state index contributed by atoms with van der Waals surface area (Å²) in [4.78, 5) is 4.83. The highest BCUT2D eigenvalue weighted by Crippen LogP contribution is 2.31. The molecule has 1 aromatic heterocycles. The van der Waals surface area contributed by atoms with Crippen LogP contribution in [0.15, 0.2) is 65.8 Å². The van der Waals surface area contributed by atoms with Gasteiger partial charge in [-0.3, -0.25) is 0 Å². The van der Waals surface area contributed by atoms with Crippen molar-refractivity contribution in [1.82, 2.24) is 19.5 Å². The van der Waals surface area contributed by atoms with E-state index in [9.17, 15) is 0 Å². The molecule has 0 bridgehead atoms. The fourth-order valence-electron chi connectivity index (χ4n) is 2.83. The first-order valence-electron chi connectivity index (χ1n) is 8.18. The van der Waals surface area contributed by atoms with Crippen molar-refractivity contribution in [2.75, 3.05) is 13.1 Å². The summed E-state index contributed by atoms with van der Waals surface area (Å²) in [6, 6.07) is 20.3. The monoisotopic (exact) mass is 334 g/mol. The van der Waals surface area contributed by atoms with E-state index in [1.807, 2.05) is 48.5 Å². The summed E-state index contributed by atoms with van der Waals surface area (Å²) in [7, 11) is 0. The normalized spacial score (nSPS) is 14.8. The predicted octanol–water partition coefficient (Wildman–Crippen LogP) is 4.31. The van der Waals surface area contributed by atoms with E-state index in [0.29, 0.717) is 0 Å². The Labute approximate surface area is 146 Å². The molecule has 1 saturated heterocycles. The Morgan fingerprint density at radius 2 is 1.29 bits per heavy atom. The van der Waals surface area contributed by atoms with Gasteiger partial charge in [-0.05, 0) is 12.8 Å². The molecule has 0 aliphatic carbocycles. The lowest BCUT2D eigenvalue weighted by Gasteiger charge is -2.13. The minimum atomic E-state index is 0.718. The Morgan fingerprint density at radius 3 is 1.92 bits per heavy atom. The van der Waals surface area contributed by atoms with Crippen molar-refractivity contribution >= 4 is 11.9 Å². The van der Waals surface area contributed by atoms with Crippen molar-refractivity contribution in [3.8, 4) is 22.5 Å². The molecule has 0 radical (unpaired) electrons. The summed E-state index contributed by atoms with van der Waals surface area (Å²) in [5.74, 6) is 0. The minimum Gasteiger partial charge on any atom is -0.244 e. The van der Waals surface area contributed by atoms with Gasteiger partial charge in [0.1, 0.15) is 11.4 Å². The van der Waals surface area contributed by atoms with Gasteiger partial charge < -0.3 is 0 Å². The van der Waals surface area contributed by atoms with Crippen LogP contribution in [0.25, 0.3) is 22.5 Å². The second kappa shape index (κ2) is 7.11. The molecule has 0 atom stereocenters. The number of aromatic nitrogens is 3. The van der Waals surface area contributed by atoms with Gasteiger partial charge >= 0.3 is 0 Å². The van der Waals surface area contributed by atoms with Crippen LogP contribution >= 0.6 is 11.9 Å². The zero-order valence-electron chi connectivity index (χ0n) is 13.3. The number of nitrogens with zero attached hydrogens (tertiary/aromatic N) is 4. The van der Waals surface area contributed by atoms with Gasteiger partial charge in [-0.25, -0.2) is 9.29 Å². The van der Waals surface area contributed by atoms with Crippen LogP contribution in [0.1, 0.15) is 12.8 Å². The van der Waals surface area contributed by atoms with Gasteiger partial charge in [-0.2, -0.15) is 0 Å². The third-order valence-electron chi connectivity index (χ3n) is 4.04. The summed E-state index contributed by atoms with van der Waals surface area (Å²) in [6.45, 7) is 2.18. The molecule has 4 rings (SSSR count). The fraction of sp³-hybridized carbons (Fsp3) is 0.211. The van der Waals surface area contributed by atoms with Crippen LogP contribution in [0.4, 0.5) is 0 Å². The number of rotatable bonds is 4. The molecule has 1 fully saturated rings. The molecule has 0 unspecified atom stereocenters. The Morgan fingerprint density at radius 1 is 0.708 bits per heavy atom. The Kier molecular flexibility index (Phi) is 4.53. The first kappa shape index (κ1) is 15.3. The fourth-order valence-corrected chi connectivity index (χ4v) is 3.71. The Balaban J connectivity index is 1.76. The average Bonchev–Trinajstić information content (AvgIpc) is 3.16. The van der Waals surface area contributed by atoms with Gasteiger partial charge in [-0.15, -0.1) is 10.2 Å². The highest BCUT2D eigenvalue weighted by molar-refractivity contribution is 7.96. The standard InChI is InChI=1S/C19H18N4S/c1-3-9-15(10-4-1)17-18(16-11-5-2-6-12-16)21-22-19(20-17)24-23-13-7-8-14-23/h1-6,9-12H,7-8,13-14H2. The maximum absolute atomic E-state index is 4.83. The van der Waals surface area contributed by atoms with E-state index in [4.69, 9.17) is 4.98 Å². The van der Waals surface area contributed by atoms with Crippen molar-refractivity contribution in [1.29, 1.82) is 0 Å². The van der Waals surface area contributed by atoms with Crippen LogP contribution in [-0.2, 0) is 0 Å². The highest BCUT2D eigenvalue weighted by atomic mass is 32.2. The molecule has 0 amide bonds. The van der Waals surface area contributed by atoms with E-state index in [-0.39, 0.29) is 0 Å². The maximum atomic E-state index is 4.83. The molecule has 2 heterocycles. The van der Waals surface area contributed by atoms with Crippen molar-refractivity contribution in [2.45, 2.75) is 18.0 Å². The van der Waals surface area contributed by atoms with Gasteiger partial charge in [-0.1, -0.05) is 60.7 Å². The molecule has 0 saturated carbocycles. The van der Waals surface area contributed by atoms with Crippen LogP contribution < -0.4 is 0 Å². The molecule has 0 N–H and O–H groups in total. The second-order valence-corrected chi connectivity index (χ2v) is 6.82. The molecule has 4 nitrogen and oxygen atoms in total. The van der Waals surface area contributed by atoms with Gasteiger partial charge in [0.2, 0.25) is 5.16 Å². The molecule has 1 aliphatic heterocycles. The smallest absolute Gasteiger partial charge is 0.224 e. The Hall–Kier alpha value is -2.24. The van der Waals surface area contributed by atoms with Gasteiger partial charge in [0.05, 0.1) is 0 Å². The van der Waals surface area contributed by atoms with Crippen molar-refractivity contribution in [3.63, 3.8) is 0 Å². The highest BCUT2D eigenvalue weighted by Gasteiger charge is 2.18. The lowest BCUT2D eigenvalue weighted by Crippen LogP contribution is -2.11. The lowest BCUT2D eigenvalue weighted by molar-refractivity contribution is 0.581. The molecular weight excluding hydrogens is 316 g/mol. The van der Waals surface area contributed by atoms with Crippen LogP contribution in [0.3, 0.4) is 0 Å². The van der Waals surface area contributed by atoms with Gasteiger partial charge in [0.15, 0.2) is 0 Å². The van der Waals surface area contributed by atoms with E-state index in [1.54, 1.807) is 11.9 Å². The van der Waals surface area contributed by atoms with Crippen molar-refractivity contribution in [2.24, 2.45) is 0 Å². The number of hydrogen-bond acceptors (Lipinski definition) is 5. The van der Waals surface area contributed by atoms with E-state index in [2.05, 4.69) is 26.6 Å². The summed E-state index contributed by atoms with van der Waals surface area (Å²) >= 11 is 1.61. The van der Waals surface area contributed by atoms with E-state index in [0.717, 1.165) is 40.8 Å². The van der Waals surface area contributed by atoms with Crippen LogP contribution in [0.2, 0.25) is 0 Å². The predicted molar refractivity (Wildman–Crippen MR) is 97.4 cm³/mol. The molecule has 5 heteroatoms. The SMILES string of the molecule is c1ccc(-c2nnc(SN3CCCC3)nc2-c2ccccc2)cc1. The van der Waals surface area contributed by atoms with Gasteiger partial charge in [0.25, 0.3) is 0 Å². The Bertz CT molecular complexity index is 802. The van der Waals surface area contributed by atoms with E-state index >= 15 is 0 Å². The second-order valence-electron chi connectivity index (χ2n) is 5.75. The topological polar surface area (TPSA) is 41.9 Å². The summed E-state index contributed by atoms with van der Waals surface area (Å²) in [5, 5.41) is 9.59. The quantitative estimate of drug-likeness (QED) is 0.665. The van der Waals surface area contributed by atoms with Crippen LogP contribution in [0, 0.1) is 0 Å². The zero-order valence-corrected chi connectivity index (χ0v) is 14.1. The summed E-state index contributed by atoms with van der Waals surface area (Å²) in [5.41, 5.74) is 3.81. The number of benzene rings is 2. The zero-order chi connectivity index (χ0) is 16.2. The molecule has 3 aromatic rings. The third-order valence-corrected chi connectivity index (χ3v) is 5.00. The first-order valence-corrected chi connectivity index (χ1v) is 8.96.